The summed E-state index contributed by atoms with van der Waals surface area (Å²) in [6, 6.07) is 4.55. The first-order valence-electron chi connectivity index (χ1n) is 10.7. The topological polar surface area (TPSA) is 91.1 Å². The van der Waals surface area contributed by atoms with E-state index in [-0.39, 0.29) is 0 Å². The largest absolute Gasteiger partial charge is 0.539 e. The molecule has 1 saturated carbocycles. The van der Waals surface area contributed by atoms with Crippen molar-refractivity contribution >= 4 is 40.2 Å². The van der Waals surface area contributed by atoms with E-state index in [2.05, 4.69) is 33.7 Å². The molecular weight excluding hydrogens is 434 g/mol. The van der Waals surface area contributed by atoms with E-state index in [1.807, 2.05) is 0 Å². The smallest absolute Gasteiger partial charge is 0.351 e. The fraction of sp³-hybridized carbons (Fsp3) is 0.478. The van der Waals surface area contributed by atoms with Crippen LogP contribution in [0.4, 0.5) is 0 Å². The maximum Gasteiger partial charge on any atom is 0.351 e. The lowest BCUT2D eigenvalue weighted by atomic mass is 9.91. The predicted molar refractivity (Wildman–Crippen MR) is 120 cm³/mol. The first kappa shape index (κ1) is 23.7. The minimum Gasteiger partial charge on any atom is -0.539 e. The zero-order valence-electron chi connectivity index (χ0n) is 17.5. The van der Waals surface area contributed by atoms with E-state index in [1.54, 1.807) is 33.1 Å². The molecule has 0 bridgehead atoms. The lowest BCUT2D eigenvalue weighted by Crippen LogP contribution is -3.13. The summed E-state index contributed by atoms with van der Waals surface area (Å²) in [6.45, 7) is 4.62. The summed E-state index contributed by atoms with van der Waals surface area (Å²) in [7, 11) is 0. The van der Waals surface area contributed by atoms with Gasteiger partial charge in [-0.15, -0.1) is 0 Å². The van der Waals surface area contributed by atoms with Crippen LogP contribution in [0.25, 0.3) is 5.57 Å². The molecule has 1 aliphatic heterocycles. The molecule has 3 heterocycles. The van der Waals surface area contributed by atoms with Gasteiger partial charge >= 0.3 is 5.97 Å². The maximum atomic E-state index is 9.04. The third-order valence-electron chi connectivity index (χ3n) is 5.82. The molecule has 0 radical (unpaired) electrons. The summed E-state index contributed by atoms with van der Waals surface area (Å²) < 4.78 is 6.07. The van der Waals surface area contributed by atoms with Crippen molar-refractivity contribution in [2.24, 2.45) is 0 Å². The quantitative estimate of drug-likeness (QED) is 0.640. The van der Waals surface area contributed by atoms with E-state index in [0.717, 1.165) is 6.61 Å². The van der Waals surface area contributed by atoms with Crippen LogP contribution in [0.5, 0.6) is 0 Å². The monoisotopic (exact) mass is 463 g/mol. The number of ether oxygens (including phenoxy) is 1. The number of rotatable bonds is 6. The highest BCUT2D eigenvalue weighted by atomic mass is 32.1. The van der Waals surface area contributed by atoms with Crippen LogP contribution in [0.1, 0.15) is 49.7 Å². The predicted octanol–water partition coefficient (Wildman–Crippen LogP) is 2.07. The average molecular weight is 464 g/mol. The number of carboxylic acids is 2. The molecule has 1 aliphatic carbocycles. The number of nitrogens with one attached hydrogen (secondary N) is 1. The molecule has 1 saturated heterocycles. The van der Waals surface area contributed by atoms with Gasteiger partial charge in [-0.25, -0.2) is 4.79 Å². The number of quaternary nitrogens is 1. The molecule has 2 fully saturated rings. The van der Waals surface area contributed by atoms with Crippen molar-refractivity contribution in [1.82, 2.24) is 0 Å². The highest BCUT2D eigenvalue weighted by Gasteiger charge is 2.22. The minimum atomic E-state index is -2.07. The summed E-state index contributed by atoms with van der Waals surface area (Å²) in [6.07, 6.45) is 8.30. The molecule has 6 nitrogen and oxygen atoms in total. The lowest BCUT2D eigenvalue weighted by molar-refractivity contribution is -0.903. The van der Waals surface area contributed by atoms with Crippen molar-refractivity contribution < 1.29 is 29.4 Å². The Morgan fingerprint density at radius 3 is 2.06 bits per heavy atom. The number of aliphatic carboxylic acids is 2. The van der Waals surface area contributed by atoms with Crippen molar-refractivity contribution in [3.8, 4) is 0 Å². The summed E-state index contributed by atoms with van der Waals surface area (Å²) in [5, 5.41) is 25.3. The highest BCUT2D eigenvalue weighted by molar-refractivity contribution is 7.08. The molecule has 0 atom stereocenters. The van der Waals surface area contributed by atoms with Crippen molar-refractivity contribution in [3.63, 3.8) is 0 Å². The molecule has 0 aromatic carbocycles. The Kier molecular flexibility index (Phi) is 9.27. The fourth-order valence-electron chi connectivity index (χ4n) is 4.22. The molecule has 0 unspecified atom stereocenters. The second-order valence-corrected chi connectivity index (χ2v) is 9.43. The molecule has 0 amide bonds. The van der Waals surface area contributed by atoms with Crippen LogP contribution in [0.2, 0.25) is 0 Å². The molecule has 4 rings (SSSR count). The van der Waals surface area contributed by atoms with E-state index in [4.69, 9.17) is 24.5 Å². The summed E-state index contributed by atoms with van der Waals surface area (Å²) in [4.78, 5) is 19.7. The van der Waals surface area contributed by atoms with Gasteiger partial charge in [0.2, 0.25) is 0 Å². The van der Waals surface area contributed by atoms with E-state index < -0.39 is 11.9 Å². The zero-order valence-corrected chi connectivity index (χ0v) is 19.1. The lowest BCUT2D eigenvalue weighted by Gasteiger charge is -2.27. The summed E-state index contributed by atoms with van der Waals surface area (Å²) >= 11 is 3.60. The van der Waals surface area contributed by atoms with Crippen molar-refractivity contribution in [2.45, 2.75) is 44.6 Å². The van der Waals surface area contributed by atoms with Crippen LogP contribution >= 0.6 is 22.7 Å². The third kappa shape index (κ3) is 7.28. The standard InChI is InChI=1S/C21H27NOS2.C2H2O4/c1-2-4-20(3-1)23-12-11-22-9-5-17(6-10-22)21(18-7-13-24-15-18)19-8-14-25-16-19;3-1(4)2(5)6/h7-8,13-16,20H,1-6,9-12H2;(H,3,4)(H,5,6). The summed E-state index contributed by atoms with van der Waals surface area (Å²) in [5.74, 6) is -4.01. The summed E-state index contributed by atoms with van der Waals surface area (Å²) in [5.41, 5.74) is 5.97. The van der Waals surface area contributed by atoms with Crippen LogP contribution < -0.4 is 10.0 Å². The number of piperidine rings is 1. The number of carbonyl (C=O) groups is 2. The second-order valence-electron chi connectivity index (χ2n) is 7.87. The van der Waals surface area contributed by atoms with Gasteiger partial charge in [0.05, 0.1) is 25.8 Å². The van der Waals surface area contributed by atoms with Crippen molar-refractivity contribution in [2.75, 3.05) is 26.2 Å². The van der Waals surface area contributed by atoms with Gasteiger partial charge < -0.3 is 24.6 Å². The number of hydrogen-bond donors (Lipinski definition) is 2. The Morgan fingerprint density at radius 1 is 1.06 bits per heavy atom. The maximum absolute atomic E-state index is 9.04. The van der Waals surface area contributed by atoms with E-state index in [0.29, 0.717) is 6.10 Å². The van der Waals surface area contributed by atoms with E-state index in [1.165, 1.54) is 74.9 Å². The molecule has 31 heavy (non-hydrogen) atoms. The van der Waals surface area contributed by atoms with Crippen molar-refractivity contribution in [1.29, 1.82) is 0 Å². The van der Waals surface area contributed by atoms with Crippen LogP contribution in [-0.2, 0) is 14.3 Å². The molecule has 168 valence electrons. The fourth-order valence-corrected chi connectivity index (χ4v) is 5.51. The third-order valence-corrected chi connectivity index (χ3v) is 7.19. The normalized spacial score (nSPS) is 19.0. The molecule has 2 aromatic rings. The first-order chi connectivity index (χ1) is 15.0. The molecule has 2 N–H and O–H groups in total. The van der Waals surface area contributed by atoms with Gasteiger partial charge in [-0.05, 0) is 63.2 Å². The SMILES string of the molecule is O=C([O-])C(=O)O.c1cc(C(=C2CC[NH+](CCOC3CCCC3)CC2)c2ccsc2)cs1. The van der Waals surface area contributed by atoms with Crippen LogP contribution in [0, 0.1) is 0 Å². The number of likely N-dealkylation sites (tertiary alicyclic amines) is 1. The average Bonchev–Trinajstić information content (AvgIpc) is 3.54. The minimum absolute atomic E-state index is 0.559. The van der Waals surface area contributed by atoms with Gasteiger partial charge in [0.25, 0.3) is 0 Å². The van der Waals surface area contributed by atoms with Crippen LogP contribution in [0.3, 0.4) is 0 Å². The first-order valence-corrected chi connectivity index (χ1v) is 12.6. The molecule has 0 spiro atoms. The highest BCUT2D eigenvalue weighted by Crippen LogP contribution is 2.32. The Balaban J connectivity index is 0.000000401. The number of hydrogen-bond acceptors (Lipinski definition) is 6. The van der Waals surface area contributed by atoms with Gasteiger partial charge in [0.1, 0.15) is 6.54 Å². The van der Waals surface area contributed by atoms with Gasteiger partial charge in [0.15, 0.2) is 5.97 Å². The van der Waals surface area contributed by atoms with Crippen LogP contribution in [-0.4, -0.2) is 49.4 Å². The molecule has 8 heteroatoms. The second kappa shape index (κ2) is 12.1. The Morgan fingerprint density at radius 2 is 1.61 bits per heavy atom. The molecule has 2 aliphatic rings. The van der Waals surface area contributed by atoms with Gasteiger partial charge in [-0.3, -0.25) is 0 Å². The van der Waals surface area contributed by atoms with E-state index in [9.17, 15) is 0 Å². The number of carboxylic acid groups (broad SMARTS) is 2. The van der Waals surface area contributed by atoms with Gasteiger partial charge in [-0.1, -0.05) is 18.4 Å². The van der Waals surface area contributed by atoms with Crippen LogP contribution in [0.15, 0.2) is 39.2 Å². The van der Waals surface area contributed by atoms with Gasteiger partial charge in [-0.2, -0.15) is 22.7 Å². The number of thiophene rings is 2. The van der Waals surface area contributed by atoms with E-state index >= 15 is 0 Å². The Bertz CT molecular complexity index is 796. The van der Waals surface area contributed by atoms with Crippen molar-refractivity contribution in [3.05, 3.63) is 50.4 Å². The number of carbonyl (C=O) groups excluding carboxylic acids is 1. The Hall–Kier alpha value is -2.00. The zero-order chi connectivity index (χ0) is 22.1. The van der Waals surface area contributed by atoms with Gasteiger partial charge in [0, 0.05) is 12.8 Å². The Labute approximate surface area is 190 Å². The molecular formula is C23H29NO5S2. The molecule has 2 aromatic heterocycles.